The minimum atomic E-state index is -3.42. The zero-order chi connectivity index (χ0) is 12.9. The molecule has 4 nitrogen and oxygen atoms in total. The Balaban J connectivity index is 2.91. The van der Waals surface area contributed by atoms with Gasteiger partial charge in [-0.1, -0.05) is 13.3 Å². The summed E-state index contributed by atoms with van der Waals surface area (Å²) >= 11 is 1.27. The Morgan fingerprint density at radius 2 is 2.06 bits per heavy atom. The molecular formula is C11H19NO3S2. The van der Waals surface area contributed by atoms with Gasteiger partial charge in [0.2, 0.25) is 0 Å². The van der Waals surface area contributed by atoms with Crippen LogP contribution in [0.3, 0.4) is 0 Å². The molecule has 17 heavy (non-hydrogen) atoms. The lowest BCUT2D eigenvalue weighted by molar-refractivity contribution is 0.252. The summed E-state index contributed by atoms with van der Waals surface area (Å²) in [5.74, 6) is 0. The molecule has 1 heterocycles. The van der Waals surface area contributed by atoms with Crippen LogP contribution in [0.1, 0.15) is 24.6 Å². The smallest absolute Gasteiger partial charge is 0.252 e. The fourth-order valence-electron chi connectivity index (χ4n) is 1.48. The van der Waals surface area contributed by atoms with Gasteiger partial charge in [0, 0.05) is 18.0 Å². The maximum atomic E-state index is 12.3. The van der Waals surface area contributed by atoms with Gasteiger partial charge in [0.15, 0.2) is 0 Å². The van der Waals surface area contributed by atoms with Crippen molar-refractivity contribution in [2.45, 2.75) is 30.9 Å². The molecule has 0 aliphatic carbocycles. The number of unbranched alkanes of at least 4 members (excludes halogenated alkanes) is 1. The molecule has 0 amide bonds. The van der Waals surface area contributed by atoms with Crippen molar-refractivity contribution in [1.82, 2.24) is 4.31 Å². The van der Waals surface area contributed by atoms with Crippen LogP contribution >= 0.6 is 11.3 Å². The molecule has 98 valence electrons. The number of thiophene rings is 1. The summed E-state index contributed by atoms with van der Waals surface area (Å²) in [5.41, 5.74) is 0. The summed E-state index contributed by atoms with van der Waals surface area (Å²) < 4.78 is 26.3. The van der Waals surface area contributed by atoms with Gasteiger partial charge in [0.25, 0.3) is 10.0 Å². The molecule has 0 radical (unpaired) electrons. The standard InChI is InChI=1S/C11H19NO3S2/c1-3-4-7-12(8-9-13)17(14,15)11-6-5-10(2)16-11/h5-6,13H,3-4,7-9H2,1-2H3. The van der Waals surface area contributed by atoms with E-state index in [1.165, 1.54) is 15.6 Å². The molecule has 1 rings (SSSR count). The van der Waals surface area contributed by atoms with Crippen LogP contribution < -0.4 is 0 Å². The molecule has 0 fully saturated rings. The average molecular weight is 277 g/mol. The molecule has 0 atom stereocenters. The first kappa shape index (κ1) is 14.6. The normalized spacial score (nSPS) is 12.2. The molecule has 1 aromatic rings. The van der Waals surface area contributed by atoms with E-state index in [-0.39, 0.29) is 13.2 Å². The molecule has 1 N–H and O–H groups in total. The summed E-state index contributed by atoms with van der Waals surface area (Å²) in [6, 6.07) is 3.43. The molecule has 0 aliphatic rings. The molecule has 1 aromatic heterocycles. The number of aliphatic hydroxyl groups excluding tert-OH is 1. The van der Waals surface area contributed by atoms with Gasteiger partial charge < -0.3 is 5.11 Å². The van der Waals surface area contributed by atoms with Crippen molar-refractivity contribution >= 4 is 21.4 Å². The molecule has 6 heteroatoms. The molecule has 0 bridgehead atoms. The Morgan fingerprint density at radius 3 is 2.53 bits per heavy atom. The van der Waals surface area contributed by atoms with Crippen molar-refractivity contribution < 1.29 is 13.5 Å². The van der Waals surface area contributed by atoms with Crippen molar-refractivity contribution in [3.63, 3.8) is 0 Å². The van der Waals surface area contributed by atoms with Crippen LogP contribution in [0.4, 0.5) is 0 Å². The van der Waals surface area contributed by atoms with E-state index in [1.54, 1.807) is 12.1 Å². The first-order valence-corrected chi connectivity index (χ1v) is 7.95. The third-order valence-electron chi connectivity index (χ3n) is 2.42. The zero-order valence-corrected chi connectivity index (χ0v) is 11.9. The van der Waals surface area contributed by atoms with Crippen LogP contribution in [0.15, 0.2) is 16.3 Å². The second-order valence-corrected chi connectivity index (χ2v) is 7.30. The van der Waals surface area contributed by atoms with Gasteiger partial charge in [0.1, 0.15) is 4.21 Å². The maximum Gasteiger partial charge on any atom is 0.252 e. The van der Waals surface area contributed by atoms with E-state index in [0.717, 1.165) is 17.7 Å². The number of hydrogen-bond acceptors (Lipinski definition) is 4. The maximum absolute atomic E-state index is 12.3. The van der Waals surface area contributed by atoms with Crippen molar-refractivity contribution in [3.05, 3.63) is 17.0 Å². The number of sulfonamides is 1. The fourth-order valence-corrected chi connectivity index (χ4v) is 4.38. The van der Waals surface area contributed by atoms with Gasteiger partial charge in [-0.2, -0.15) is 4.31 Å². The van der Waals surface area contributed by atoms with Gasteiger partial charge in [-0.3, -0.25) is 0 Å². The highest BCUT2D eigenvalue weighted by Crippen LogP contribution is 2.24. The monoisotopic (exact) mass is 277 g/mol. The van der Waals surface area contributed by atoms with Crippen molar-refractivity contribution in [2.24, 2.45) is 0 Å². The van der Waals surface area contributed by atoms with Crippen LogP contribution in [0.5, 0.6) is 0 Å². The number of rotatable bonds is 7. The van der Waals surface area contributed by atoms with Crippen LogP contribution in [-0.4, -0.2) is 37.5 Å². The van der Waals surface area contributed by atoms with Gasteiger partial charge in [0.05, 0.1) is 6.61 Å². The van der Waals surface area contributed by atoms with E-state index < -0.39 is 10.0 Å². The van der Waals surface area contributed by atoms with E-state index in [0.29, 0.717) is 10.8 Å². The third kappa shape index (κ3) is 3.77. The SMILES string of the molecule is CCCCN(CCO)S(=O)(=O)c1ccc(C)s1. The predicted octanol–water partition coefficient (Wildman–Crippen LogP) is 1.84. The Morgan fingerprint density at radius 1 is 1.35 bits per heavy atom. The lowest BCUT2D eigenvalue weighted by Gasteiger charge is -2.19. The molecule has 0 aromatic carbocycles. The molecule has 0 aliphatic heterocycles. The van der Waals surface area contributed by atoms with E-state index in [9.17, 15) is 8.42 Å². The first-order chi connectivity index (χ1) is 8.02. The highest BCUT2D eigenvalue weighted by molar-refractivity contribution is 7.91. The Kier molecular flexibility index (Phi) is 5.58. The van der Waals surface area contributed by atoms with Crippen molar-refractivity contribution in [3.8, 4) is 0 Å². The lowest BCUT2D eigenvalue weighted by Crippen LogP contribution is -2.34. The van der Waals surface area contributed by atoms with E-state index in [1.807, 2.05) is 13.8 Å². The van der Waals surface area contributed by atoms with E-state index >= 15 is 0 Å². The fraction of sp³-hybridized carbons (Fsp3) is 0.636. The van der Waals surface area contributed by atoms with E-state index in [2.05, 4.69) is 0 Å². The first-order valence-electron chi connectivity index (χ1n) is 5.69. The summed E-state index contributed by atoms with van der Waals surface area (Å²) in [6.07, 6.45) is 1.74. The van der Waals surface area contributed by atoms with Crippen LogP contribution in [0.25, 0.3) is 0 Å². The zero-order valence-electron chi connectivity index (χ0n) is 10.2. The van der Waals surface area contributed by atoms with Gasteiger partial charge in [-0.25, -0.2) is 8.42 Å². The predicted molar refractivity (Wildman–Crippen MR) is 69.8 cm³/mol. The minimum Gasteiger partial charge on any atom is -0.395 e. The van der Waals surface area contributed by atoms with Gasteiger partial charge in [-0.15, -0.1) is 11.3 Å². The van der Waals surface area contributed by atoms with Crippen molar-refractivity contribution in [2.75, 3.05) is 19.7 Å². The second kappa shape index (κ2) is 6.49. The lowest BCUT2D eigenvalue weighted by atomic mass is 10.3. The Hall–Kier alpha value is -0.430. The van der Waals surface area contributed by atoms with E-state index in [4.69, 9.17) is 5.11 Å². The third-order valence-corrected chi connectivity index (χ3v) is 5.79. The Bertz CT molecular complexity index is 439. The molecule has 0 saturated heterocycles. The summed E-state index contributed by atoms with van der Waals surface area (Å²) in [7, 11) is -3.42. The minimum absolute atomic E-state index is 0.146. The topological polar surface area (TPSA) is 57.6 Å². The summed E-state index contributed by atoms with van der Waals surface area (Å²) in [5, 5.41) is 8.95. The van der Waals surface area contributed by atoms with Crippen LogP contribution in [0.2, 0.25) is 0 Å². The van der Waals surface area contributed by atoms with Gasteiger partial charge >= 0.3 is 0 Å². The quantitative estimate of drug-likeness (QED) is 0.827. The highest BCUT2D eigenvalue weighted by atomic mass is 32.2. The molecular weight excluding hydrogens is 258 g/mol. The van der Waals surface area contributed by atoms with Crippen LogP contribution in [0, 0.1) is 6.92 Å². The highest BCUT2D eigenvalue weighted by Gasteiger charge is 2.24. The Labute approximate surface area is 107 Å². The average Bonchev–Trinajstić information content (AvgIpc) is 2.71. The summed E-state index contributed by atoms with van der Waals surface area (Å²) in [6.45, 7) is 4.38. The molecule has 0 spiro atoms. The number of aryl methyl sites for hydroxylation is 1. The molecule has 0 saturated carbocycles. The summed E-state index contributed by atoms with van der Waals surface area (Å²) in [4.78, 5) is 0.975. The second-order valence-electron chi connectivity index (χ2n) is 3.85. The largest absolute Gasteiger partial charge is 0.395 e. The number of aliphatic hydroxyl groups is 1. The van der Waals surface area contributed by atoms with Crippen molar-refractivity contribution in [1.29, 1.82) is 0 Å². The number of nitrogens with zero attached hydrogens (tertiary/aromatic N) is 1. The number of hydrogen-bond donors (Lipinski definition) is 1. The molecule has 0 unspecified atom stereocenters. The van der Waals surface area contributed by atoms with Gasteiger partial charge in [-0.05, 0) is 25.5 Å². The van der Waals surface area contributed by atoms with Crippen LogP contribution in [-0.2, 0) is 10.0 Å².